The summed E-state index contributed by atoms with van der Waals surface area (Å²) < 4.78 is 32.0. The molecule has 0 aliphatic rings. The predicted molar refractivity (Wildman–Crippen MR) is 105 cm³/mol. The van der Waals surface area contributed by atoms with Crippen LogP contribution in [0.25, 0.3) is 0 Å². The van der Waals surface area contributed by atoms with E-state index in [1.165, 1.54) is 19.2 Å². The van der Waals surface area contributed by atoms with Crippen LogP contribution in [0.3, 0.4) is 0 Å². The fraction of sp³-hybridized carbons (Fsp3) is 0.350. The number of sulfonamides is 1. The van der Waals surface area contributed by atoms with Crippen LogP contribution in [-0.4, -0.2) is 34.6 Å². The van der Waals surface area contributed by atoms with Gasteiger partial charge in [-0.2, -0.15) is 0 Å². The smallest absolute Gasteiger partial charge is 0.251 e. The summed E-state index contributed by atoms with van der Waals surface area (Å²) in [6.07, 6.45) is 0. The molecule has 1 amide bonds. The third-order valence-corrected chi connectivity index (χ3v) is 5.58. The molecule has 0 aliphatic carbocycles. The second-order valence-electron chi connectivity index (χ2n) is 6.52. The molecule has 0 fully saturated rings. The molecule has 0 saturated carbocycles. The largest absolute Gasteiger partial charge is 0.383 e. The summed E-state index contributed by atoms with van der Waals surface area (Å²) in [5, 5.41) is 3.01. The molecule has 2 rings (SSSR count). The molecule has 0 aliphatic heterocycles. The molecule has 2 aromatic rings. The van der Waals surface area contributed by atoms with Crippen LogP contribution in [0, 0.1) is 5.92 Å². The van der Waals surface area contributed by atoms with Crippen molar-refractivity contribution in [2.24, 2.45) is 5.92 Å². The molecule has 27 heavy (non-hydrogen) atoms. The van der Waals surface area contributed by atoms with Gasteiger partial charge in [-0.3, -0.25) is 4.79 Å². The van der Waals surface area contributed by atoms with Gasteiger partial charge in [0, 0.05) is 19.2 Å². The van der Waals surface area contributed by atoms with Crippen LogP contribution in [0.15, 0.2) is 59.5 Å². The summed E-state index contributed by atoms with van der Waals surface area (Å²) in [4.78, 5) is 12.8. The zero-order valence-electron chi connectivity index (χ0n) is 15.8. The fourth-order valence-corrected chi connectivity index (χ4v) is 3.74. The van der Waals surface area contributed by atoms with Gasteiger partial charge >= 0.3 is 0 Å². The maximum absolute atomic E-state index is 12.7. The van der Waals surface area contributed by atoms with Gasteiger partial charge in [0.1, 0.15) is 0 Å². The molecule has 0 bridgehead atoms. The average Bonchev–Trinajstić information content (AvgIpc) is 2.66. The van der Waals surface area contributed by atoms with Crippen molar-refractivity contribution in [3.05, 3.63) is 65.7 Å². The first-order valence-corrected chi connectivity index (χ1v) is 10.3. The number of methoxy groups -OCH3 is 1. The maximum atomic E-state index is 12.7. The van der Waals surface area contributed by atoms with E-state index in [2.05, 4.69) is 10.0 Å². The Morgan fingerprint density at radius 3 is 2.41 bits per heavy atom. The standard InChI is InChI=1S/C20H26N2O4S/c1-15(2)19(16-8-5-4-6-9-16)22-20(23)17-10-7-11-18(14-17)27(24,25)21-12-13-26-3/h4-11,14-15,19,21H,12-13H2,1-3H3,(H,22,23). The number of rotatable bonds is 9. The molecule has 2 N–H and O–H groups in total. The van der Waals surface area contributed by atoms with Crippen LogP contribution in [0.4, 0.5) is 0 Å². The van der Waals surface area contributed by atoms with Gasteiger partial charge < -0.3 is 10.1 Å². The highest BCUT2D eigenvalue weighted by Crippen LogP contribution is 2.22. The Morgan fingerprint density at radius 2 is 1.78 bits per heavy atom. The highest BCUT2D eigenvalue weighted by molar-refractivity contribution is 7.89. The number of hydrogen-bond donors (Lipinski definition) is 2. The Labute approximate surface area is 161 Å². The van der Waals surface area contributed by atoms with E-state index in [0.29, 0.717) is 5.56 Å². The van der Waals surface area contributed by atoms with Crippen molar-refractivity contribution >= 4 is 15.9 Å². The minimum atomic E-state index is -3.70. The van der Waals surface area contributed by atoms with Gasteiger partial charge in [-0.25, -0.2) is 13.1 Å². The Morgan fingerprint density at radius 1 is 1.07 bits per heavy atom. The maximum Gasteiger partial charge on any atom is 0.251 e. The Balaban J connectivity index is 2.19. The average molecular weight is 391 g/mol. The first-order valence-electron chi connectivity index (χ1n) is 8.79. The van der Waals surface area contributed by atoms with E-state index >= 15 is 0 Å². The van der Waals surface area contributed by atoms with E-state index in [9.17, 15) is 13.2 Å². The molecule has 1 unspecified atom stereocenters. The van der Waals surface area contributed by atoms with Gasteiger partial charge in [0.05, 0.1) is 17.5 Å². The van der Waals surface area contributed by atoms with Gasteiger partial charge in [0.25, 0.3) is 5.91 Å². The fourth-order valence-electron chi connectivity index (χ4n) is 2.69. The van der Waals surface area contributed by atoms with Crippen molar-refractivity contribution in [2.45, 2.75) is 24.8 Å². The SMILES string of the molecule is COCCNS(=O)(=O)c1cccc(C(=O)NC(c2ccccc2)C(C)C)c1. The molecular formula is C20H26N2O4S. The van der Waals surface area contributed by atoms with Crippen LogP contribution in [0.1, 0.15) is 35.8 Å². The molecule has 0 saturated heterocycles. The van der Waals surface area contributed by atoms with Gasteiger partial charge in [-0.05, 0) is 29.7 Å². The highest BCUT2D eigenvalue weighted by Gasteiger charge is 2.20. The Kier molecular flexibility index (Phi) is 7.53. The van der Waals surface area contributed by atoms with Gasteiger partial charge in [0.2, 0.25) is 10.0 Å². The van der Waals surface area contributed by atoms with Gasteiger partial charge in [0.15, 0.2) is 0 Å². The Hall–Kier alpha value is -2.22. The molecule has 6 nitrogen and oxygen atoms in total. The first kappa shape index (κ1) is 21.1. The summed E-state index contributed by atoms with van der Waals surface area (Å²) in [6, 6.07) is 15.5. The third-order valence-electron chi connectivity index (χ3n) is 4.12. The number of ether oxygens (including phenoxy) is 1. The second-order valence-corrected chi connectivity index (χ2v) is 8.29. The lowest BCUT2D eigenvalue weighted by Gasteiger charge is -2.23. The molecule has 146 valence electrons. The Bertz CT molecular complexity index is 851. The molecular weight excluding hydrogens is 364 g/mol. The van der Waals surface area contributed by atoms with Crippen LogP contribution in [-0.2, 0) is 14.8 Å². The van der Waals surface area contributed by atoms with E-state index in [0.717, 1.165) is 5.56 Å². The van der Waals surface area contributed by atoms with Crippen molar-refractivity contribution in [3.63, 3.8) is 0 Å². The van der Waals surface area contributed by atoms with Crippen molar-refractivity contribution in [1.82, 2.24) is 10.0 Å². The molecule has 2 aromatic carbocycles. The van der Waals surface area contributed by atoms with Gasteiger partial charge in [-0.1, -0.05) is 50.2 Å². The third kappa shape index (κ3) is 5.89. The monoisotopic (exact) mass is 390 g/mol. The van der Waals surface area contributed by atoms with Crippen molar-refractivity contribution in [1.29, 1.82) is 0 Å². The van der Waals surface area contributed by atoms with E-state index < -0.39 is 10.0 Å². The van der Waals surface area contributed by atoms with E-state index in [4.69, 9.17) is 4.74 Å². The summed E-state index contributed by atoms with van der Waals surface area (Å²) in [5.74, 6) is -0.134. The number of nitrogens with one attached hydrogen (secondary N) is 2. The predicted octanol–water partition coefficient (Wildman–Crippen LogP) is 2.74. The number of carbonyl (C=O) groups excluding carboxylic acids is 1. The van der Waals surface area contributed by atoms with Crippen molar-refractivity contribution in [2.75, 3.05) is 20.3 Å². The number of carbonyl (C=O) groups is 1. The zero-order chi connectivity index (χ0) is 19.9. The lowest BCUT2D eigenvalue weighted by Crippen LogP contribution is -2.32. The van der Waals surface area contributed by atoms with Crippen molar-refractivity contribution < 1.29 is 17.9 Å². The van der Waals surface area contributed by atoms with E-state index in [-0.39, 0.29) is 35.9 Å². The molecule has 0 aromatic heterocycles. The molecule has 0 spiro atoms. The summed E-state index contributed by atoms with van der Waals surface area (Å²) in [5.41, 5.74) is 1.30. The highest BCUT2D eigenvalue weighted by atomic mass is 32.2. The second kappa shape index (κ2) is 9.64. The first-order chi connectivity index (χ1) is 12.8. The lowest BCUT2D eigenvalue weighted by atomic mass is 9.95. The van der Waals surface area contributed by atoms with Crippen LogP contribution in [0.5, 0.6) is 0 Å². The molecule has 0 heterocycles. The van der Waals surface area contributed by atoms with Crippen LogP contribution >= 0.6 is 0 Å². The minimum absolute atomic E-state index is 0.0482. The van der Waals surface area contributed by atoms with Crippen molar-refractivity contribution in [3.8, 4) is 0 Å². The molecule has 0 radical (unpaired) electrons. The zero-order valence-corrected chi connectivity index (χ0v) is 16.6. The van der Waals surface area contributed by atoms with E-state index in [1.54, 1.807) is 12.1 Å². The van der Waals surface area contributed by atoms with Crippen LogP contribution in [0.2, 0.25) is 0 Å². The molecule has 7 heteroatoms. The van der Waals surface area contributed by atoms with E-state index in [1.807, 2.05) is 44.2 Å². The number of hydrogen-bond acceptors (Lipinski definition) is 4. The van der Waals surface area contributed by atoms with Crippen LogP contribution < -0.4 is 10.0 Å². The minimum Gasteiger partial charge on any atom is -0.383 e. The normalized spacial score (nSPS) is 12.7. The summed E-state index contributed by atoms with van der Waals surface area (Å²) >= 11 is 0. The summed E-state index contributed by atoms with van der Waals surface area (Å²) in [7, 11) is -2.20. The number of amides is 1. The number of benzene rings is 2. The topological polar surface area (TPSA) is 84.5 Å². The lowest BCUT2D eigenvalue weighted by molar-refractivity contribution is 0.0925. The molecule has 1 atom stereocenters. The summed E-state index contributed by atoms with van der Waals surface area (Å²) in [6.45, 7) is 4.49. The van der Waals surface area contributed by atoms with Gasteiger partial charge in [-0.15, -0.1) is 0 Å². The quantitative estimate of drug-likeness (QED) is 0.645.